The summed E-state index contributed by atoms with van der Waals surface area (Å²) in [6.07, 6.45) is 4.14. The van der Waals surface area contributed by atoms with Crippen LogP contribution in [0.3, 0.4) is 0 Å². The molecule has 1 aliphatic rings. The number of hydrogen-bond acceptors (Lipinski definition) is 8. The second-order valence-corrected chi connectivity index (χ2v) is 8.54. The number of carbonyl (C=O) groups is 1. The Balaban J connectivity index is 0.000000448. The molecule has 0 aliphatic carbocycles. The monoisotopic (exact) mass is 541 g/mol. The summed E-state index contributed by atoms with van der Waals surface area (Å²) in [5.74, 6) is -2.69. The van der Waals surface area contributed by atoms with E-state index >= 15 is 0 Å². The molecule has 15 heteroatoms. The normalized spacial score (nSPS) is 15.7. The first kappa shape index (κ1) is 27.0. The van der Waals surface area contributed by atoms with Crippen LogP contribution in [-0.4, -0.2) is 60.1 Å². The number of alkyl halides is 3. The van der Waals surface area contributed by atoms with Gasteiger partial charge in [-0.05, 0) is 18.6 Å². The maximum atomic E-state index is 13.5. The lowest BCUT2D eigenvalue weighted by atomic mass is 9.96. The number of carboxylic acid groups (broad SMARTS) is 1. The number of anilines is 1. The molecule has 4 aromatic rings. The van der Waals surface area contributed by atoms with Crippen LogP contribution < -0.4 is 4.90 Å². The van der Waals surface area contributed by atoms with Crippen molar-refractivity contribution in [1.82, 2.24) is 29.7 Å². The number of pyridine rings is 1. The molecular formula is C24H19F4N9O2. The standard InChI is InChI=1S/C22H18FN9.C2HF3O2/c23-17-7-15(8-25)22(27-10-17)31-6-3-14(11-31)19(1-4-24)32-12-16(9-30-32)20-18-2-5-26-21(18)29-13-28-20;3-2(4,5)1(6)7/h2,5,7,9-10,12-14,19H,1,3,6,11H2,(H,26,28,29);(H,6,7)/t14-,19-;/m0./s1. The number of fused-ring (bicyclic) bond motifs is 1. The van der Waals surface area contributed by atoms with Gasteiger partial charge in [0.15, 0.2) is 0 Å². The highest BCUT2D eigenvalue weighted by Gasteiger charge is 2.38. The molecule has 5 heterocycles. The highest BCUT2D eigenvalue weighted by atomic mass is 19.4. The second-order valence-electron chi connectivity index (χ2n) is 8.54. The van der Waals surface area contributed by atoms with Gasteiger partial charge >= 0.3 is 12.1 Å². The van der Waals surface area contributed by atoms with E-state index in [9.17, 15) is 28.1 Å². The molecule has 200 valence electrons. The molecule has 1 aliphatic heterocycles. The molecule has 0 bridgehead atoms. The van der Waals surface area contributed by atoms with E-state index in [0.29, 0.717) is 25.3 Å². The van der Waals surface area contributed by atoms with Gasteiger partial charge in [0.1, 0.15) is 29.7 Å². The fourth-order valence-electron chi connectivity index (χ4n) is 4.37. The lowest BCUT2D eigenvalue weighted by Gasteiger charge is -2.23. The van der Waals surface area contributed by atoms with Gasteiger partial charge in [-0.15, -0.1) is 0 Å². The van der Waals surface area contributed by atoms with Gasteiger partial charge in [-0.25, -0.2) is 24.1 Å². The van der Waals surface area contributed by atoms with Crippen LogP contribution in [0.5, 0.6) is 0 Å². The van der Waals surface area contributed by atoms with Gasteiger partial charge < -0.3 is 15.0 Å². The van der Waals surface area contributed by atoms with E-state index in [1.54, 1.807) is 6.20 Å². The van der Waals surface area contributed by atoms with Gasteiger partial charge in [0.05, 0.1) is 42.2 Å². The van der Waals surface area contributed by atoms with Crippen molar-refractivity contribution in [2.75, 3.05) is 18.0 Å². The Morgan fingerprint density at radius 3 is 2.72 bits per heavy atom. The van der Waals surface area contributed by atoms with Gasteiger partial charge in [-0.1, -0.05) is 0 Å². The number of nitrogens with one attached hydrogen (secondary N) is 1. The van der Waals surface area contributed by atoms with E-state index in [0.717, 1.165) is 34.9 Å². The van der Waals surface area contributed by atoms with Crippen LogP contribution in [0.15, 0.2) is 43.2 Å². The van der Waals surface area contributed by atoms with Gasteiger partial charge in [-0.2, -0.15) is 28.8 Å². The molecule has 0 radical (unpaired) electrons. The Hall–Kier alpha value is -5.05. The van der Waals surface area contributed by atoms with Crippen molar-refractivity contribution in [2.24, 2.45) is 5.92 Å². The summed E-state index contributed by atoms with van der Waals surface area (Å²) in [4.78, 5) is 26.7. The van der Waals surface area contributed by atoms with Crippen molar-refractivity contribution < 1.29 is 27.5 Å². The topological polar surface area (TPSA) is 160 Å². The highest BCUT2D eigenvalue weighted by molar-refractivity contribution is 5.90. The fourth-order valence-corrected chi connectivity index (χ4v) is 4.37. The predicted molar refractivity (Wildman–Crippen MR) is 127 cm³/mol. The maximum Gasteiger partial charge on any atom is 0.490 e. The van der Waals surface area contributed by atoms with Crippen molar-refractivity contribution >= 4 is 22.8 Å². The van der Waals surface area contributed by atoms with Gasteiger partial charge in [0.2, 0.25) is 0 Å². The molecule has 0 spiro atoms. The molecule has 2 N–H and O–H groups in total. The number of nitriles is 2. The number of H-pyrrole nitrogens is 1. The summed E-state index contributed by atoms with van der Waals surface area (Å²) in [6.45, 7) is 1.27. The maximum absolute atomic E-state index is 13.5. The molecule has 1 fully saturated rings. The van der Waals surface area contributed by atoms with Gasteiger partial charge in [-0.3, -0.25) is 4.68 Å². The molecular weight excluding hydrogens is 522 g/mol. The Morgan fingerprint density at radius 1 is 1.26 bits per heavy atom. The van der Waals surface area contributed by atoms with Crippen molar-refractivity contribution in [3.8, 4) is 23.4 Å². The van der Waals surface area contributed by atoms with E-state index in [2.05, 4.69) is 31.1 Å². The SMILES string of the molecule is N#CC[C@@H]([C@H]1CCN(c2ncc(F)cc2C#N)C1)n1cc(-c2ncnc3[nH]ccc23)cn1.O=C(O)C(F)(F)F. The lowest BCUT2D eigenvalue weighted by Crippen LogP contribution is -2.26. The number of aliphatic carboxylic acids is 1. The summed E-state index contributed by atoms with van der Waals surface area (Å²) < 4.78 is 47.0. The third-order valence-electron chi connectivity index (χ3n) is 6.13. The summed E-state index contributed by atoms with van der Waals surface area (Å²) in [6, 6.07) is 7.27. The Morgan fingerprint density at radius 2 is 2.03 bits per heavy atom. The average molecular weight is 541 g/mol. The summed E-state index contributed by atoms with van der Waals surface area (Å²) >= 11 is 0. The zero-order valence-electron chi connectivity index (χ0n) is 20.0. The van der Waals surface area contributed by atoms with Crippen molar-refractivity contribution in [1.29, 1.82) is 10.5 Å². The molecule has 0 aromatic carbocycles. The first-order chi connectivity index (χ1) is 18.6. The number of aromatic nitrogens is 6. The highest BCUT2D eigenvalue weighted by Crippen LogP contribution is 2.34. The Bertz CT molecular complexity index is 1570. The average Bonchev–Trinajstić information content (AvgIpc) is 3.68. The van der Waals surface area contributed by atoms with E-state index < -0.39 is 18.0 Å². The third-order valence-corrected chi connectivity index (χ3v) is 6.13. The van der Waals surface area contributed by atoms with Crippen LogP contribution in [0, 0.1) is 34.4 Å². The minimum Gasteiger partial charge on any atom is -0.475 e. The summed E-state index contributed by atoms with van der Waals surface area (Å²) in [5.41, 5.74) is 2.59. The molecule has 0 amide bonds. The van der Waals surface area contributed by atoms with Crippen LogP contribution >= 0.6 is 0 Å². The van der Waals surface area contributed by atoms with Crippen molar-refractivity contribution in [3.63, 3.8) is 0 Å². The van der Waals surface area contributed by atoms with E-state index in [4.69, 9.17) is 9.90 Å². The first-order valence-electron chi connectivity index (χ1n) is 11.4. The number of nitrogens with zero attached hydrogens (tertiary/aromatic N) is 8. The minimum absolute atomic E-state index is 0.124. The zero-order chi connectivity index (χ0) is 28.2. The number of halogens is 4. The molecule has 11 nitrogen and oxygen atoms in total. The molecule has 0 unspecified atom stereocenters. The Kier molecular flexibility index (Phi) is 7.71. The van der Waals surface area contributed by atoms with E-state index in [1.165, 1.54) is 12.4 Å². The second kappa shape index (κ2) is 11.1. The zero-order valence-corrected chi connectivity index (χ0v) is 20.0. The Labute approximate surface area is 218 Å². The molecule has 2 atom stereocenters. The van der Waals surface area contributed by atoms with Gasteiger partial charge in [0, 0.05) is 42.4 Å². The molecule has 5 rings (SSSR count). The largest absolute Gasteiger partial charge is 0.490 e. The summed E-state index contributed by atoms with van der Waals surface area (Å²) in [5, 5.41) is 31.4. The van der Waals surface area contributed by atoms with E-state index in [-0.39, 0.29) is 17.5 Å². The third kappa shape index (κ3) is 5.93. The lowest BCUT2D eigenvalue weighted by molar-refractivity contribution is -0.192. The van der Waals surface area contributed by atoms with Crippen molar-refractivity contribution in [2.45, 2.75) is 25.1 Å². The minimum atomic E-state index is -5.08. The van der Waals surface area contributed by atoms with Crippen LogP contribution in [-0.2, 0) is 4.79 Å². The van der Waals surface area contributed by atoms with E-state index in [1.807, 2.05) is 34.1 Å². The number of carboxylic acids is 1. The van der Waals surface area contributed by atoms with Crippen LogP contribution in [0.2, 0.25) is 0 Å². The molecule has 39 heavy (non-hydrogen) atoms. The quantitative estimate of drug-likeness (QED) is 0.358. The number of hydrogen-bond donors (Lipinski definition) is 2. The van der Waals surface area contributed by atoms with Crippen LogP contribution in [0.25, 0.3) is 22.3 Å². The number of aromatic amines is 1. The van der Waals surface area contributed by atoms with Crippen LogP contribution in [0.1, 0.15) is 24.4 Å². The first-order valence-corrected chi connectivity index (χ1v) is 11.4. The number of rotatable bonds is 5. The molecule has 0 saturated carbocycles. The van der Waals surface area contributed by atoms with Gasteiger partial charge in [0.25, 0.3) is 0 Å². The predicted octanol–water partition coefficient (Wildman–Crippen LogP) is 3.84. The fraction of sp³-hybridized carbons (Fsp3) is 0.292. The smallest absolute Gasteiger partial charge is 0.475 e. The molecule has 1 saturated heterocycles. The van der Waals surface area contributed by atoms with Crippen molar-refractivity contribution in [3.05, 3.63) is 54.6 Å². The summed E-state index contributed by atoms with van der Waals surface area (Å²) in [7, 11) is 0. The van der Waals surface area contributed by atoms with Crippen LogP contribution in [0.4, 0.5) is 23.4 Å². The molecule has 4 aromatic heterocycles.